The molecule has 0 fully saturated rings. The highest BCUT2D eigenvalue weighted by Gasteiger charge is 2.21. The summed E-state index contributed by atoms with van der Waals surface area (Å²) < 4.78 is 31.9. The van der Waals surface area contributed by atoms with Crippen molar-refractivity contribution in [1.29, 1.82) is 0 Å². The van der Waals surface area contributed by atoms with Crippen molar-refractivity contribution in [2.45, 2.75) is 115 Å². The Labute approximate surface area is 143 Å². The molecule has 0 spiro atoms. The average molecular weight is 351 g/mol. The van der Waals surface area contributed by atoms with Crippen LogP contribution in [0.25, 0.3) is 0 Å². The second kappa shape index (κ2) is 14.2. The fourth-order valence-electron chi connectivity index (χ4n) is 2.93. The molecule has 140 valence electrons. The zero-order valence-electron chi connectivity index (χ0n) is 15.2. The van der Waals surface area contributed by atoms with Crippen LogP contribution in [0.1, 0.15) is 104 Å². The van der Waals surface area contributed by atoms with E-state index in [1.54, 1.807) is 0 Å². The van der Waals surface area contributed by atoms with Gasteiger partial charge in [-0.15, -0.1) is 0 Å². The Hall–Kier alpha value is -0.130. The minimum Gasteiger partial charge on any atom is -0.393 e. The quantitative estimate of drug-likeness (QED) is 0.300. The molecule has 0 aliphatic carbocycles. The summed E-state index contributed by atoms with van der Waals surface area (Å²) in [5, 5.41) is 9.32. The lowest BCUT2D eigenvalue weighted by Gasteiger charge is -2.14. The van der Waals surface area contributed by atoms with Gasteiger partial charge in [-0.2, -0.15) is 8.42 Å². The van der Waals surface area contributed by atoms with Gasteiger partial charge in [0.1, 0.15) is 0 Å². The molecule has 4 nitrogen and oxygen atoms in total. The SMILES string of the molecule is CCCCCCCCC(O)CCCCC(CCCC)S(=O)(=O)O. The number of hydrogen-bond donors (Lipinski definition) is 2. The van der Waals surface area contributed by atoms with Crippen molar-refractivity contribution in [2.75, 3.05) is 0 Å². The Morgan fingerprint density at radius 3 is 1.70 bits per heavy atom. The van der Waals surface area contributed by atoms with Gasteiger partial charge in [-0.25, -0.2) is 0 Å². The smallest absolute Gasteiger partial charge is 0.267 e. The first kappa shape index (κ1) is 22.9. The molecule has 0 aliphatic heterocycles. The third kappa shape index (κ3) is 14.0. The van der Waals surface area contributed by atoms with E-state index in [4.69, 9.17) is 0 Å². The van der Waals surface area contributed by atoms with Gasteiger partial charge in [-0.05, 0) is 25.7 Å². The summed E-state index contributed by atoms with van der Waals surface area (Å²) in [7, 11) is -3.93. The van der Waals surface area contributed by atoms with Gasteiger partial charge in [0.05, 0.1) is 11.4 Å². The molecule has 23 heavy (non-hydrogen) atoms. The Morgan fingerprint density at radius 1 is 0.696 bits per heavy atom. The van der Waals surface area contributed by atoms with E-state index in [1.165, 1.54) is 32.1 Å². The molecule has 0 aromatic carbocycles. The highest BCUT2D eigenvalue weighted by atomic mass is 32.2. The molecular formula is C18H38O4S. The van der Waals surface area contributed by atoms with Crippen molar-refractivity contribution in [3.63, 3.8) is 0 Å². The predicted octanol–water partition coefficient (Wildman–Crippen LogP) is 5.10. The largest absolute Gasteiger partial charge is 0.393 e. The summed E-state index contributed by atoms with van der Waals surface area (Å²) in [6.45, 7) is 4.22. The number of hydrogen-bond acceptors (Lipinski definition) is 3. The van der Waals surface area contributed by atoms with E-state index in [2.05, 4.69) is 6.92 Å². The second-order valence-electron chi connectivity index (χ2n) is 6.77. The summed E-state index contributed by atoms with van der Waals surface area (Å²) in [4.78, 5) is 0. The highest BCUT2D eigenvalue weighted by Crippen LogP contribution is 2.18. The van der Waals surface area contributed by atoms with Crippen LogP contribution in [0.5, 0.6) is 0 Å². The monoisotopic (exact) mass is 350 g/mol. The summed E-state index contributed by atoms with van der Waals surface area (Å²) in [5.74, 6) is 0. The molecule has 0 saturated carbocycles. The van der Waals surface area contributed by atoms with Crippen molar-refractivity contribution in [1.82, 2.24) is 0 Å². The molecule has 0 amide bonds. The van der Waals surface area contributed by atoms with Gasteiger partial charge in [0, 0.05) is 0 Å². The molecule has 0 radical (unpaired) electrons. The van der Waals surface area contributed by atoms with Crippen molar-refractivity contribution < 1.29 is 18.1 Å². The number of rotatable bonds is 16. The zero-order valence-corrected chi connectivity index (χ0v) is 16.0. The van der Waals surface area contributed by atoms with Gasteiger partial charge in [-0.1, -0.05) is 78.1 Å². The van der Waals surface area contributed by atoms with Crippen LogP contribution in [0.3, 0.4) is 0 Å². The first-order valence-corrected chi connectivity index (χ1v) is 11.1. The Kier molecular flexibility index (Phi) is 14.2. The van der Waals surface area contributed by atoms with E-state index in [-0.39, 0.29) is 6.10 Å². The lowest BCUT2D eigenvalue weighted by molar-refractivity contribution is 0.147. The summed E-state index contributed by atoms with van der Waals surface area (Å²) in [5.41, 5.74) is 0. The average Bonchev–Trinajstić information content (AvgIpc) is 2.48. The number of unbranched alkanes of at least 4 members (excludes halogenated alkanes) is 7. The molecule has 5 heteroatoms. The van der Waals surface area contributed by atoms with Crippen molar-refractivity contribution in [3.05, 3.63) is 0 Å². The zero-order chi connectivity index (χ0) is 17.6. The summed E-state index contributed by atoms with van der Waals surface area (Å²) >= 11 is 0. The maximum absolute atomic E-state index is 11.3. The third-order valence-corrected chi connectivity index (χ3v) is 5.82. The normalized spacial score (nSPS) is 14.8. The van der Waals surface area contributed by atoms with Gasteiger partial charge >= 0.3 is 0 Å². The van der Waals surface area contributed by atoms with Gasteiger partial charge < -0.3 is 5.11 Å². The standard InChI is InChI=1S/C18H38O4S/c1-3-5-7-8-9-10-13-17(19)14-11-12-16-18(15-6-4-2)23(20,21)22/h17-19H,3-16H2,1-2H3,(H,20,21,22). The molecule has 0 saturated heterocycles. The predicted molar refractivity (Wildman–Crippen MR) is 97.3 cm³/mol. The van der Waals surface area contributed by atoms with Gasteiger partial charge in [0.25, 0.3) is 10.1 Å². The number of aliphatic hydroxyl groups excluding tert-OH is 1. The molecular weight excluding hydrogens is 312 g/mol. The van der Waals surface area contributed by atoms with Crippen LogP contribution in [-0.2, 0) is 10.1 Å². The van der Waals surface area contributed by atoms with Crippen LogP contribution in [0.4, 0.5) is 0 Å². The molecule has 2 N–H and O–H groups in total. The van der Waals surface area contributed by atoms with Gasteiger partial charge in [-0.3, -0.25) is 4.55 Å². The second-order valence-corrected chi connectivity index (χ2v) is 8.47. The van der Waals surface area contributed by atoms with Crippen molar-refractivity contribution in [3.8, 4) is 0 Å². The summed E-state index contributed by atoms with van der Waals surface area (Å²) in [6, 6.07) is 0. The van der Waals surface area contributed by atoms with E-state index >= 15 is 0 Å². The highest BCUT2D eigenvalue weighted by molar-refractivity contribution is 7.86. The molecule has 0 aliphatic rings. The Bertz CT molecular complexity index is 354. The molecule has 2 atom stereocenters. The van der Waals surface area contributed by atoms with Crippen molar-refractivity contribution in [2.24, 2.45) is 0 Å². The Morgan fingerprint density at radius 2 is 1.13 bits per heavy atom. The minimum atomic E-state index is -3.93. The molecule has 0 aromatic heterocycles. The topological polar surface area (TPSA) is 74.6 Å². The van der Waals surface area contributed by atoms with Gasteiger partial charge in [0.15, 0.2) is 0 Å². The van der Waals surface area contributed by atoms with Gasteiger partial charge in [0.2, 0.25) is 0 Å². The van der Waals surface area contributed by atoms with E-state index in [1.807, 2.05) is 6.92 Å². The summed E-state index contributed by atoms with van der Waals surface area (Å²) in [6.07, 6.45) is 13.1. The molecule has 0 rings (SSSR count). The van der Waals surface area contributed by atoms with E-state index < -0.39 is 15.4 Å². The van der Waals surface area contributed by atoms with Crippen LogP contribution in [0.15, 0.2) is 0 Å². The lowest BCUT2D eigenvalue weighted by Crippen LogP contribution is -2.20. The first-order chi connectivity index (χ1) is 10.9. The third-order valence-electron chi connectivity index (χ3n) is 4.51. The number of aliphatic hydroxyl groups is 1. The first-order valence-electron chi connectivity index (χ1n) is 9.56. The van der Waals surface area contributed by atoms with Crippen LogP contribution < -0.4 is 0 Å². The Balaban J connectivity index is 3.70. The maximum Gasteiger partial charge on any atom is 0.267 e. The molecule has 0 aromatic rings. The van der Waals surface area contributed by atoms with Crippen LogP contribution in [0.2, 0.25) is 0 Å². The fourth-order valence-corrected chi connectivity index (χ4v) is 3.86. The van der Waals surface area contributed by atoms with E-state index in [9.17, 15) is 18.1 Å². The van der Waals surface area contributed by atoms with Crippen LogP contribution >= 0.6 is 0 Å². The lowest BCUT2D eigenvalue weighted by atomic mass is 10.0. The van der Waals surface area contributed by atoms with E-state index in [0.717, 1.165) is 44.9 Å². The van der Waals surface area contributed by atoms with Crippen molar-refractivity contribution >= 4 is 10.1 Å². The van der Waals surface area contributed by atoms with Crippen LogP contribution in [-0.4, -0.2) is 29.4 Å². The maximum atomic E-state index is 11.3. The molecule has 0 heterocycles. The molecule has 0 bridgehead atoms. The molecule has 2 unspecified atom stereocenters. The van der Waals surface area contributed by atoms with Crippen LogP contribution in [0, 0.1) is 0 Å². The fraction of sp³-hybridized carbons (Fsp3) is 1.00. The van der Waals surface area contributed by atoms with E-state index in [0.29, 0.717) is 12.8 Å². The minimum absolute atomic E-state index is 0.263.